The van der Waals surface area contributed by atoms with E-state index in [1.807, 2.05) is 0 Å². The Kier molecular flexibility index (Phi) is 8.46. The van der Waals surface area contributed by atoms with Crippen LogP contribution in [-0.2, 0) is 6.18 Å². The molecule has 2 rings (SSSR count). The maximum absolute atomic E-state index is 13.7. The van der Waals surface area contributed by atoms with E-state index < -0.39 is 17.6 Å². The Bertz CT molecular complexity index is 502. The molecule has 1 N–H and O–H groups in total. The molecule has 0 amide bonds. The number of rotatable bonds is 6. The molecule has 24 heavy (non-hydrogen) atoms. The van der Waals surface area contributed by atoms with Crippen LogP contribution in [-0.4, -0.2) is 31.1 Å². The maximum Gasteiger partial charge on any atom is 0.416 e. The van der Waals surface area contributed by atoms with Crippen LogP contribution < -0.4 is 5.32 Å². The van der Waals surface area contributed by atoms with Crippen molar-refractivity contribution in [1.29, 1.82) is 0 Å². The molecular weight excluding hydrogens is 344 g/mol. The van der Waals surface area contributed by atoms with Crippen LogP contribution in [0.2, 0.25) is 0 Å². The van der Waals surface area contributed by atoms with Crippen molar-refractivity contribution in [2.75, 3.05) is 26.2 Å². The molecule has 1 aromatic carbocycles. The Labute approximate surface area is 147 Å². The number of unbranched alkanes of at least 4 members (excludes halogenated alkanes) is 2. The monoisotopic (exact) mass is 368 g/mol. The molecule has 1 aromatic rings. The van der Waals surface area contributed by atoms with Gasteiger partial charge in [0.05, 0.1) is 5.56 Å². The van der Waals surface area contributed by atoms with Gasteiger partial charge in [0.15, 0.2) is 0 Å². The van der Waals surface area contributed by atoms with Crippen LogP contribution in [0, 0.1) is 5.82 Å². The summed E-state index contributed by atoms with van der Waals surface area (Å²) < 4.78 is 52.7. The maximum atomic E-state index is 13.7. The smallest absolute Gasteiger partial charge is 0.314 e. The molecule has 138 valence electrons. The molecule has 7 heteroatoms. The topological polar surface area (TPSA) is 15.3 Å². The third kappa shape index (κ3) is 5.90. The Hall–Kier alpha value is -0.850. The molecule has 1 saturated heterocycles. The van der Waals surface area contributed by atoms with E-state index in [-0.39, 0.29) is 18.4 Å². The fourth-order valence-electron chi connectivity index (χ4n) is 3.11. The molecular formula is C17H25ClF4N2. The molecule has 0 aromatic heterocycles. The Morgan fingerprint density at radius 2 is 1.79 bits per heavy atom. The van der Waals surface area contributed by atoms with Gasteiger partial charge in [0.25, 0.3) is 0 Å². The highest BCUT2D eigenvalue weighted by atomic mass is 35.5. The molecule has 2 nitrogen and oxygen atoms in total. The van der Waals surface area contributed by atoms with Crippen LogP contribution in [0.25, 0.3) is 0 Å². The molecule has 0 radical (unpaired) electrons. The molecule has 0 unspecified atom stereocenters. The standard InChI is InChI=1S/C17H24F4N2.ClH/c1-2-3-4-5-16(23-8-6-22-7-9-23)13-10-14(17(19,20)21)12-15(18)11-13;/h10-12,16,22H,2-9H2,1H3;1H/t16-;/m1./s1. The van der Waals surface area contributed by atoms with E-state index in [2.05, 4.69) is 17.1 Å². The van der Waals surface area contributed by atoms with E-state index in [4.69, 9.17) is 0 Å². The van der Waals surface area contributed by atoms with E-state index >= 15 is 0 Å². The van der Waals surface area contributed by atoms with Gasteiger partial charge < -0.3 is 5.32 Å². The normalized spacial score (nSPS) is 17.4. The van der Waals surface area contributed by atoms with Crippen molar-refractivity contribution in [3.63, 3.8) is 0 Å². The predicted molar refractivity (Wildman–Crippen MR) is 90.0 cm³/mol. The third-order valence-corrected chi connectivity index (χ3v) is 4.31. The summed E-state index contributed by atoms with van der Waals surface area (Å²) in [6.07, 6.45) is -0.749. The van der Waals surface area contributed by atoms with Crippen molar-refractivity contribution in [2.24, 2.45) is 0 Å². The zero-order valence-corrected chi connectivity index (χ0v) is 14.7. The van der Waals surface area contributed by atoms with Gasteiger partial charge in [-0.15, -0.1) is 12.4 Å². The summed E-state index contributed by atoms with van der Waals surface area (Å²) in [5.41, 5.74) is -0.460. The van der Waals surface area contributed by atoms with E-state index in [1.54, 1.807) is 0 Å². The van der Waals surface area contributed by atoms with Crippen LogP contribution in [0.15, 0.2) is 18.2 Å². The quantitative estimate of drug-likeness (QED) is 0.573. The van der Waals surface area contributed by atoms with Crippen molar-refractivity contribution in [2.45, 2.75) is 44.8 Å². The molecule has 1 fully saturated rings. The van der Waals surface area contributed by atoms with Gasteiger partial charge in [0.1, 0.15) is 5.82 Å². The average Bonchev–Trinajstić information content (AvgIpc) is 2.51. The number of nitrogens with zero attached hydrogens (tertiary/aromatic N) is 1. The van der Waals surface area contributed by atoms with Crippen molar-refractivity contribution < 1.29 is 17.6 Å². The van der Waals surface area contributed by atoms with Gasteiger partial charge in [-0.1, -0.05) is 26.2 Å². The second-order valence-electron chi connectivity index (χ2n) is 6.07. The first-order chi connectivity index (χ1) is 10.9. The van der Waals surface area contributed by atoms with Crippen molar-refractivity contribution in [1.82, 2.24) is 10.2 Å². The van der Waals surface area contributed by atoms with Gasteiger partial charge in [-0.05, 0) is 30.2 Å². The Balaban J connectivity index is 0.00000288. The van der Waals surface area contributed by atoms with E-state index in [0.29, 0.717) is 11.6 Å². The molecule has 1 aliphatic heterocycles. The first-order valence-corrected chi connectivity index (χ1v) is 8.24. The Morgan fingerprint density at radius 3 is 2.38 bits per heavy atom. The lowest BCUT2D eigenvalue weighted by Crippen LogP contribution is -2.45. The van der Waals surface area contributed by atoms with E-state index in [0.717, 1.165) is 57.9 Å². The summed E-state index contributed by atoms with van der Waals surface area (Å²) in [5.74, 6) is -0.814. The largest absolute Gasteiger partial charge is 0.416 e. The molecule has 0 bridgehead atoms. The van der Waals surface area contributed by atoms with Crippen LogP contribution in [0.4, 0.5) is 17.6 Å². The van der Waals surface area contributed by atoms with Crippen LogP contribution in [0.3, 0.4) is 0 Å². The predicted octanol–water partition coefficient (Wildman–Crippen LogP) is 4.79. The minimum absolute atomic E-state index is 0. The molecule has 0 saturated carbocycles. The first-order valence-electron chi connectivity index (χ1n) is 8.24. The second-order valence-corrected chi connectivity index (χ2v) is 6.07. The molecule has 0 spiro atoms. The Morgan fingerprint density at radius 1 is 1.12 bits per heavy atom. The summed E-state index contributed by atoms with van der Waals surface area (Å²) in [7, 11) is 0. The van der Waals surface area contributed by atoms with Gasteiger partial charge in [-0.3, -0.25) is 4.90 Å². The second kappa shape index (κ2) is 9.59. The van der Waals surface area contributed by atoms with Gasteiger partial charge >= 0.3 is 6.18 Å². The van der Waals surface area contributed by atoms with Crippen LogP contribution in [0.1, 0.15) is 49.8 Å². The van der Waals surface area contributed by atoms with Crippen LogP contribution in [0.5, 0.6) is 0 Å². The molecule has 0 aliphatic carbocycles. The lowest BCUT2D eigenvalue weighted by Gasteiger charge is -2.35. The zero-order chi connectivity index (χ0) is 16.9. The number of benzene rings is 1. The highest BCUT2D eigenvalue weighted by Crippen LogP contribution is 2.34. The molecule has 1 heterocycles. The van der Waals surface area contributed by atoms with Gasteiger partial charge in [0, 0.05) is 32.2 Å². The summed E-state index contributed by atoms with van der Waals surface area (Å²) in [6.45, 7) is 5.25. The summed E-state index contributed by atoms with van der Waals surface area (Å²) >= 11 is 0. The van der Waals surface area contributed by atoms with Crippen LogP contribution >= 0.6 is 12.4 Å². The number of hydrogen-bond donors (Lipinski definition) is 1. The highest BCUT2D eigenvalue weighted by molar-refractivity contribution is 5.85. The number of piperazine rings is 1. The van der Waals surface area contributed by atoms with Gasteiger partial charge in [-0.2, -0.15) is 13.2 Å². The zero-order valence-electron chi connectivity index (χ0n) is 13.8. The fourth-order valence-corrected chi connectivity index (χ4v) is 3.11. The SMILES string of the molecule is CCCCC[C@H](c1cc(F)cc(C(F)(F)F)c1)N1CCNCC1.Cl. The number of hydrogen-bond acceptors (Lipinski definition) is 2. The number of nitrogens with one attached hydrogen (secondary N) is 1. The van der Waals surface area contributed by atoms with Gasteiger partial charge in [-0.25, -0.2) is 4.39 Å². The minimum Gasteiger partial charge on any atom is -0.314 e. The van der Waals surface area contributed by atoms with Crippen molar-refractivity contribution >= 4 is 12.4 Å². The van der Waals surface area contributed by atoms with E-state index in [1.165, 1.54) is 6.07 Å². The fraction of sp³-hybridized carbons (Fsp3) is 0.647. The first kappa shape index (κ1) is 21.2. The van der Waals surface area contributed by atoms with Gasteiger partial charge in [0.2, 0.25) is 0 Å². The summed E-state index contributed by atoms with van der Waals surface area (Å²) in [5, 5.41) is 3.24. The average molecular weight is 369 g/mol. The lowest BCUT2D eigenvalue weighted by atomic mass is 9.96. The van der Waals surface area contributed by atoms with Crippen molar-refractivity contribution in [3.05, 3.63) is 35.1 Å². The minimum atomic E-state index is -4.52. The molecule has 1 atom stereocenters. The number of alkyl halides is 3. The summed E-state index contributed by atoms with van der Waals surface area (Å²) in [6, 6.07) is 2.79. The van der Waals surface area contributed by atoms with Crippen molar-refractivity contribution in [3.8, 4) is 0 Å². The number of halogens is 5. The van der Waals surface area contributed by atoms with E-state index in [9.17, 15) is 17.6 Å². The molecule has 1 aliphatic rings. The summed E-state index contributed by atoms with van der Waals surface area (Å²) in [4.78, 5) is 2.17. The highest BCUT2D eigenvalue weighted by Gasteiger charge is 2.33. The lowest BCUT2D eigenvalue weighted by molar-refractivity contribution is -0.137. The third-order valence-electron chi connectivity index (χ3n) is 4.31.